The molecular formula is C25H29N7O3. The highest BCUT2D eigenvalue weighted by Gasteiger charge is 2.21. The van der Waals surface area contributed by atoms with Crippen LogP contribution in [0.15, 0.2) is 54.7 Å². The molecule has 2 aromatic carbocycles. The fourth-order valence-corrected chi connectivity index (χ4v) is 3.80. The SMILES string of the molecule is CN(C)C(=O)c1cc(Nc2nccc(-c3ccc(C(=O)NCN)cc3)n2)ccc1N1CCOCC1. The number of hydrogen-bond donors (Lipinski definition) is 3. The monoisotopic (exact) mass is 475 g/mol. The average Bonchev–Trinajstić information content (AvgIpc) is 2.89. The lowest BCUT2D eigenvalue weighted by molar-refractivity contribution is 0.0826. The van der Waals surface area contributed by atoms with Gasteiger partial charge in [-0.25, -0.2) is 9.97 Å². The molecule has 0 unspecified atom stereocenters. The molecule has 4 N–H and O–H groups in total. The summed E-state index contributed by atoms with van der Waals surface area (Å²) in [7, 11) is 3.48. The number of morpholine rings is 1. The maximum atomic E-state index is 12.9. The fourth-order valence-electron chi connectivity index (χ4n) is 3.80. The third-order valence-electron chi connectivity index (χ3n) is 5.60. The Labute approximate surface area is 204 Å². The number of rotatable bonds is 7. The van der Waals surface area contributed by atoms with E-state index in [2.05, 4.69) is 25.5 Å². The number of amides is 2. The van der Waals surface area contributed by atoms with Gasteiger partial charge >= 0.3 is 0 Å². The molecule has 3 aromatic rings. The van der Waals surface area contributed by atoms with Crippen molar-refractivity contribution >= 4 is 29.1 Å². The van der Waals surface area contributed by atoms with Crippen molar-refractivity contribution in [1.29, 1.82) is 0 Å². The molecule has 4 rings (SSSR count). The lowest BCUT2D eigenvalue weighted by Gasteiger charge is -2.31. The van der Waals surface area contributed by atoms with Crippen molar-refractivity contribution in [2.24, 2.45) is 5.73 Å². The lowest BCUT2D eigenvalue weighted by atomic mass is 10.1. The summed E-state index contributed by atoms with van der Waals surface area (Å²) in [6.07, 6.45) is 1.66. The van der Waals surface area contributed by atoms with Crippen LogP contribution in [0.1, 0.15) is 20.7 Å². The van der Waals surface area contributed by atoms with Crippen molar-refractivity contribution in [3.63, 3.8) is 0 Å². The normalized spacial score (nSPS) is 13.3. The lowest BCUT2D eigenvalue weighted by Crippen LogP contribution is -2.37. The van der Waals surface area contributed by atoms with Crippen LogP contribution in [0.25, 0.3) is 11.3 Å². The van der Waals surface area contributed by atoms with Gasteiger partial charge in [0.1, 0.15) is 0 Å². The molecule has 2 heterocycles. The van der Waals surface area contributed by atoms with Gasteiger partial charge in [-0.1, -0.05) is 12.1 Å². The van der Waals surface area contributed by atoms with Gasteiger partial charge in [0.2, 0.25) is 5.95 Å². The largest absolute Gasteiger partial charge is 0.378 e. The maximum Gasteiger partial charge on any atom is 0.255 e. The molecule has 0 spiro atoms. The highest BCUT2D eigenvalue weighted by molar-refractivity contribution is 6.00. The molecule has 1 aliphatic rings. The number of hydrogen-bond acceptors (Lipinski definition) is 8. The van der Waals surface area contributed by atoms with Gasteiger partial charge in [-0.3, -0.25) is 9.59 Å². The highest BCUT2D eigenvalue weighted by atomic mass is 16.5. The Morgan fingerprint density at radius 1 is 1.09 bits per heavy atom. The Morgan fingerprint density at radius 3 is 2.51 bits per heavy atom. The number of nitrogens with zero attached hydrogens (tertiary/aromatic N) is 4. The number of nitrogens with one attached hydrogen (secondary N) is 2. The summed E-state index contributed by atoms with van der Waals surface area (Å²) < 4.78 is 5.46. The van der Waals surface area contributed by atoms with Gasteiger partial charge in [0.15, 0.2) is 0 Å². The Bertz CT molecular complexity index is 1190. The highest BCUT2D eigenvalue weighted by Crippen LogP contribution is 2.28. The van der Waals surface area contributed by atoms with Gasteiger partial charge in [0.05, 0.1) is 31.1 Å². The molecule has 10 nitrogen and oxygen atoms in total. The number of carbonyl (C=O) groups excluding carboxylic acids is 2. The molecule has 0 atom stereocenters. The molecule has 1 saturated heterocycles. The van der Waals surface area contributed by atoms with E-state index in [1.54, 1.807) is 43.4 Å². The van der Waals surface area contributed by atoms with Crippen LogP contribution in [0.3, 0.4) is 0 Å². The smallest absolute Gasteiger partial charge is 0.255 e. The Morgan fingerprint density at radius 2 is 1.83 bits per heavy atom. The van der Waals surface area contributed by atoms with Crippen LogP contribution in [0.4, 0.5) is 17.3 Å². The quantitative estimate of drug-likeness (QED) is 0.444. The van der Waals surface area contributed by atoms with Gasteiger partial charge in [-0.15, -0.1) is 0 Å². The van der Waals surface area contributed by atoms with Crippen molar-refractivity contribution in [3.05, 3.63) is 65.9 Å². The standard InChI is InChI=1S/C25H29N7O3/c1-31(2)24(34)20-15-19(7-8-22(20)32-11-13-35-14-12-32)29-25-27-10-9-21(30-25)17-3-5-18(6-4-17)23(33)28-16-26/h3-10,15H,11-14,16,26H2,1-2H3,(H,28,33)(H,27,29,30). The summed E-state index contributed by atoms with van der Waals surface area (Å²) in [6.45, 7) is 2.82. The zero-order chi connectivity index (χ0) is 24.8. The summed E-state index contributed by atoms with van der Waals surface area (Å²) in [5, 5.41) is 5.78. The molecule has 182 valence electrons. The minimum Gasteiger partial charge on any atom is -0.378 e. The van der Waals surface area contributed by atoms with Crippen molar-refractivity contribution in [1.82, 2.24) is 20.2 Å². The zero-order valence-corrected chi connectivity index (χ0v) is 19.8. The molecule has 10 heteroatoms. The van der Waals surface area contributed by atoms with Gasteiger partial charge in [-0.2, -0.15) is 0 Å². The van der Waals surface area contributed by atoms with Crippen molar-refractivity contribution < 1.29 is 14.3 Å². The number of nitrogens with two attached hydrogens (primary N) is 1. The summed E-state index contributed by atoms with van der Waals surface area (Å²) >= 11 is 0. The first-order valence-electron chi connectivity index (χ1n) is 11.3. The molecule has 1 aliphatic heterocycles. The maximum absolute atomic E-state index is 12.9. The van der Waals surface area contributed by atoms with Crippen LogP contribution >= 0.6 is 0 Å². The van der Waals surface area contributed by atoms with Gasteiger partial charge in [-0.05, 0) is 36.4 Å². The number of anilines is 3. The van der Waals surface area contributed by atoms with E-state index in [-0.39, 0.29) is 18.5 Å². The minimum absolute atomic E-state index is 0.0800. The van der Waals surface area contributed by atoms with Gasteiger partial charge in [0.25, 0.3) is 11.8 Å². The Hall–Kier alpha value is -4.02. The predicted octanol–water partition coefficient (Wildman–Crippen LogP) is 2.07. The number of benzene rings is 2. The van der Waals surface area contributed by atoms with E-state index >= 15 is 0 Å². The molecule has 2 amide bonds. The van der Waals surface area contributed by atoms with E-state index < -0.39 is 0 Å². The van der Waals surface area contributed by atoms with Crippen molar-refractivity contribution in [2.75, 3.05) is 57.3 Å². The minimum atomic E-state index is -0.229. The molecule has 35 heavy (non-hydrogen) atoms. The summed E-state index contributed by atoms with van der Waals surface area (Å²) in [4.78, 5) is 37.5. The summed E-state index contributed by atoms with van der Waals surface area (Å²) in [6, 6.07) is 14.6. The molecule has 1 fully saturated rings. The molecular weight excluding hydrogens is 446 g/mol. The molecule has 0 saturated carbocycles. The topological polar surface area (TPSA) is 126 Å². The number of ether oxygens (including phenoxy) is 1. The van der Waals surface area contributed by atoms with Gasteiger partial charge in [0, 0.05) is 55.9 Å². The van der Waals surface area contributed by atoms with Crippen LogP contribution in [-0.2, 0) is 4.74 Å². The Balaban J connectivity index is 1.57. The first-order chi connectivity index (χ1) is 17.0. The first-order valence-corrected chi connectivity index (χ1v) is 11.3. The van der Waals surface area contributed by atoms with Crippen molar-refractivity contribution in [3.8, 4) is 11.3 Å². The van der Waals surface area contributed by atoms with Crippen molar-refractivity contribution in [2.45, 2.75) is 0 Å². The van der Waals surface area contributed by atoms with Crippen LogP contribution in [0.5, 0.6) is 0 Å². The van der Waals surface area contributed by atoms with E-state index in [9.17, 15) is 9.59 Å². The fraction of sp³-hybridized carbons (Fsp3) is 0.280. The van der Waals surface area contributed by atoms with E-state index in [1.165, 1.54) is 0 Å². The number of aromatic nitrogens is 2. The van der Waals surface area contributed by atoms with E-state index in [0.29, 0.717) is 41.7 Å². The molecule has 0 aliphatic carbocycles. The van der Waals surface area contributed by atoms with E-state index in [4.69, 9.17) is 10.5 Å². The number of carbonyl (C=O) groups is 2. The van der Waals surface area contributed by atoms with E-state index in [1.807, 2.05) is 30.3 Å². The van der Waals surface area contributed by atoms with Crippen LogP contribution in [0.2, 0.25) is 0 Å². The van der Waals surface area contributed by atoms with Crippen LogP contribution in [0, 0.1) is 0 Å². The second-order valence-electron chi connectivity index (χ2n) is 8.21. The van der Waals surface area contributed by atoms with Crippen LogP contribution in [-0.4, -0.2) is 73.7 Å². The first kappa shape index (κ1) is 24.1. The second kappa shape index (κ2) is 10.9. The van der Waals surface area contributed by atoms with E-state index in [0.717, 1.165) is 24.3 Å². The molecule has 0 radical (unpaired) electrons. The third-order valence-corrected chi connectivity index (χ3v) is 5.60. The van der Waals surface area contributed by atoms with Gasteiger partial charge < -0.3 is 30.9 Å². The second-order valence-corrected chi connectivity index (χ2v) is 8.21. The molecule has 1 aromatic heterocycles. The Kier molecular flexibility index (Phi) is 7.54. The van der Waals surface area contributed by atoms with Crippen LogP contribution < -0.4 is 21.3 Å². The predicted molar refractivity (Wildman–Crippen MR) is 135 cm³/mol. The summed E-state index contributed by atoms with van der Waals surface area (Å²) in [5.74, 6) is 0.0890. The zero-order valence-electron chi connectivity index (χ0n) is 19.8. The molecule has 0 bridgehead atoms. The average molecular weight is 476 g/mol. The summed E-state index contributed by atoms with van der Waals surface area (Å²) in [5.41, 5.74) is 9.61. The third kappa shape index (κ3) is 5.73.